The number of carboxylic acids is 1. The van der Waals surface area contributed by atoms with Crippen molar-refractivity contribution < 1.29 is 139 Å². The fourth-order valence-corrected chi connectivity index (χ4v) is 13.8. The van der Waals surface area contributed by atoms with E-state index in [-0.39, 0.29) is 88.6 Å². The van der Waals surface area contributed by atoms with Gasteiger partial charge in [0.05, 0.1) is 25.9 Å². The third-order valence-corrected chi connectivity index (χ3v) is 20.6. The van der Waals surface area contributed by atoms with Crippen molar-refractivity contribution in [3.05, 3.63) is 155 Å². The van der Waals surface area contributed by atoms with Crippen LogP contribution in [-0.4, -0.2) is 155 Å². The lowest BCUT2D eigenvalue weighted by Crippen LogP contribution is -2.44. The van der Waals surface area contributed by atoms with Crippen LogP contribution in [0.2, 0.25) is 30.1 Å². The number of hydrogen-bond donors (Lipinski definition) is 3. The normalized spacial score (nSPS) is 17.5. The number of aromatic nitrogens is 3. The Morgan fingerprint density at radius 3 is 1.13 bits per heavy atom. The summed E-state index contributed by atoms with van der Waals surface area (Å²) in [4.78, 5) is 72.6. The van der Waals surface area contributed by atoms with Gasteiger partial charge in [0.2, 0.25) is 0 Å². The molecule has 3 saturated carbocycles. The number of esters is 2. The van der Waals surface area contributed by atoms with Crippen LogP contribution < -0.4 is 48.7 Å². The molecule has 3 aromatic heterocycles. The number of likely N-dealkylation sites (tertiary alicyclic amines) is 2. The average Bonchev–Trinajstić information content (AvgIpc) is 1.20. The van der Waals surface area contributed by atoms with E-state index in [2.05, 4.69) is 34.5 Å². The van der Waals surface area contributed by atoms with E-state index in [1.165, 1.54) is 52.3 Å². The highest BCUT2D eigenvalue weighted by molar-refractivity contribution is 6.36. The highest BCUT2D eigenvalue weighted by Gasteiger charge is 2.41. The minimum Gasteiger partial charge on any atom is -0.870 e. The molecule has 12 rings (SSSR count). The molecule has 0 unspecified atom stereocenters. The lowest BCUT2D eigenvalue weighted by atomic mass is 10.0. The van der Waals surface area contributed by atoms with Gasteiger partial charge in [-0.3, -0.25) is 14.6 Å². The number of nitrogens with one attached hydrogen (secondary N) is 4. The number of rotatable bonds is 29. The van der Waals surface area contributed by atoms with Gasteiger partial charge in [0.1, 0.15) is 71.7 Å². The van der Waals surface area contributed by atoms with Gasteiger partial charge in [-0.15, -0.1) is 12.4 Å². The first-order chi connectivity index (χ1) is 54.1. The summed E-state index contributed by atoms with van der Waals surface area (Å²) in [5.41, 5.74) is 1.92. The summed E-state index contributed by atoms with van der Waals surface area (Å²) in [5, 5.41) is 24.8. The standard InChI is InChI=1S/C28H32Cl2F2N2O6.C23H24Cl2F2N2O4.C18H17Cl2F2NO3.C10H17NO4.ClH.3H2O/c1-28(2,3)40-27(36)34-10-4-5-21(34)25(35)38-23(12-18-19(29)13-33-14-20(18)30)17-8-9-22(39-26(31)32)24(11-17)37-15-16-6-7-16;24-16-10-28-11-17(25)15(16)9-20(32-22(30)18-2-1-7-29-18)14-5-6-19(33-23(26)27)21(8-14)31-12-13-3-4-13;19-13-7-23-8-14(20)12(13)6-15(24)11-3-4-16(26-18(21)22)17(5-11)25-9-10-1-2-10;1-10(2,3)15-9(14)11-6-4-5-7(11)8(12)13;;;;/h8-9,11,13-14,16,21,23,26H,4-7,10,12,15H2,1-3H3;5-6,8,10-11,13,18,20,23,29H,1-4,7,9,12H2;3-5,7-8,10,15,18,24H,1-2,6,9H2;7H,4-6H2,1-3H3,(H,12,13);1H;3*1H2/t21-,23-;18-,20-;15-;7-;;;;/m0000..../s1. The first kappa shape index (κ1) is 101. The molecule has 654 valence electrons. The Bertz CT molecular complexity index is 4200. The van der Waals surface area contributed by atoms with Crippen LogP contribution >= 0.6 is 82.0 Å². The second-order valence-electron chi connectivity index (χ2n) is 30.0. The van der Waals surface area contributed by atoms with Crippen molar-refractivity contribution in [2.24, 2.45) is 17.8 Å². The molecule has 6 fully saturated rings. The number of ether oxygens (including phenoxy) is 10. The van der Waals surface area contributed by atoms with Crippen molar-refractivity contribution in [1.82, 2.24) is 15.1 Å². The zero-order chi connectivity index (χ0) is 82.7. The Morgan fingerprint density at radius 1 is 0.466 bits per heavy atom. The predicted octanol–water partition coefficient (Wildman–Crippen LogP) is 17.0. The third-order valence-electron chi connectivity index (χ3n) is 18.5. The van der Waals surface area contributed by atoms with Gasteiger partial charge in [-0.1, -0.05) is 87.8 Å². The van der Waals surface area contributed by atoms with Crippen molar-refractivity contribution in [2.75, 3.05) is 39.5 Å². The Kier molecular flexibility index (Phi) is 40.1. The number of alkyl halides is 6. The summed E-state index contributed by atoms with van der Waals surface area (Å²) in [6.07, 6.45) is 16.1. The monoisotopic (exact) mass is 1810 g/mol. The van der Waals surface area contributed by atoms with Crippen LogP contribution in [0.15, 0.2) is 91.8 Å². The maximum atomic E-state index is 13.5. The number of amides is 2. The highest BCUT2D eigenvalue weighted by Crippen LogP contribution is 2.43. The Morgan fingerprint density at radius 2 is 0.797 bits per heavy atom. The second kappa shape index (κ2) is 46.9. The Hall–Kier alpha value is -7.73. The number of hydrogen-bond acceptors (Lipinski definition) is 20. The van der Waals surface area contributed by atoms with Crippen LogP contribution in [0.1, 0.15) is 170 Å². The van der Waals surface area contributed by atoms with Gasteiger partial charge >= 0.3 is 49.9 Å². The van der Waals surface area contributed by atoms with Crippen LogP contribution in [0.5, 0.6) is 34.5 Å². The van der Waals surface area contributed by atoms with E-state index < -0.39 is 91.6 Å². The van der Waals surface area contributed by atoms with Crippen LogP contribution in [0.4, 0.5) is 35.9 Å². The minimum atomic E-state index is -3.04. The third kappa shape index (κ3) is 31.7. The maximum Gasteiger partial charge on any atom is 0.411 e. The van der Waals surface area contributed by atoms with Gasteiger partial charge in [0.25, 0.3) is 0 Å². The molecule has 3 aromatic carbocycles. The first-order valence-electron chi connectivity index (χ1n) is 37.3. The van der Waals surface area contributed by atoms with Crippen molar-refractivity contribution >= 4 is 112 Å². The number of halogens is 13. The zero-order valence-corrected chi connectivity index (χ0v) is 70.5. The highest BCUT2D eigenvalue weighted by atomic mass is 35.5. The summed E-state index contributed by atoms with van der Waals surface area (Å²) < 4.78 is 131. The number of aliphatic carboxylic acids is 1. The number of aliphatic hydroxyl groups excluding tert-OH is 1. The molecule has 6 aromatic rings. The quantitative estimate of drug-likeness (QED) is 0.0223. The van der Waals surface area contributed by atoms with Crippen LogP contribution in [0.3, 0.4) is 0 Å². The van der Waals surface area contributed by atoms with Crippen molar-refractivity contribution in [2.45, 2.75) is 205 Å². The lowest BCUT2D eigenvalue weighted by molar-refractivity contribution is -0.378. The zero-order valence-electron chi connectivity index (χ0n) is 65.1. The number of benzene rings is 3. The molecule has 0 bridgehead atoms. The Labute approximate surface area is 714 Å². The van der Waals surface area contributed by atoms with E-state index in [0.29, 0.717) is 140 Å². The molecule has 118 heavy (non-hydrogen) atoms. The molecule has 26 nitrogen and oxygen atoms in total. The van der Waals surface area contributed by atoms with E-state index in [0.717, 1.165) is 57.9 Å². The molecule has 2 amide bonds. The summed E-state index contributed by atoms with van der Waals surface area (Å²) in [6, 6.07) is 11.4. The number of nitrogens with zero attached hydrogens (tertiary/aromatic N) is 2. The second-order valence-corrected chi connectivity index (χ2v) is 32.5. The molecule has 6 atom stereocenters. The predicted molar refractivity (Wildman–Crippen MR) is 420 cm³/mol. The van der Waals surface area contributed by atoms with Crippen molar-refractivity contribution in [3.8, 4) is 34.5 Å². The summed E-state index contributed by atoms with van der Waals surface area (Å²) >= 11 is 37.7. The lowest BCUT2D eigenvalue weighted by Gasteiger charge is -2.29. The summed E-state index contributed by atoms with van der Waals surface area (Å²) in [7, 11) is 0. The van der Waals surface area contributed by atoms with Crippen LogP contribution in [0, 0.1) is 17.8 Å². The van der Waals surface area contributed by atoms with Crippen molar-refractivity contribution in [3.63, 3.8) is 0 Å². The molecule has 0 radical (unpaired) electrons. The van der Waals surface area contributed by atoms with E-state index in [9.17, 15) is 55.4 Å². The molecule has 6 heterocycles. The van der Waals surface area contributed by atoms with Gasteiger partial charge < -0.3 is 79.3 Å². The average molecular weight is 1810 g/mol. The van der Waals surface area contributed by atoms with Crippen LogP contribution in [0.25, 0.3) is 0 Å². The number of aromatic amines is 3. The van der Waals surface area contributed by atoms with Gasteiger partial charge in [0, 0.05) is 49.0 Å². The smallest absolute Gasteiger partial charge is 0.411 e. The topological polar surface area (TPSA) is 369 Å². The summed E-state index contributed by atoms with van der Waals surface area (Å²) in [5.74, 6) is -0.529. The SMILES string of the molecule is CC(C)(C)OC(=O)N1CCC[C@H]1C(=O)O.CC(C)(C)OC(=O)N1CCC[C@H]1C(=O)O[C@@H](Cc1c(Cl)c[nH+]cc1Cl)c1ccc(OC(F)F)c(OCC2CC2)c1.Cl.O=C(O[C@@H](Cc1c(Cl)c[nH+]cc1Cl)c1ccc(OC(F)F)c(OCC2CC2)c1)[C@@H]1CCCN1.O[C@@H](Cc1c(Cl)c[nH+]cc1Cl)c1ccc(OC(F)F)c(OCC2CC2)c1.[OH-].[OH-].[OH-]. The minimum absolute atomic E-state index is 0. The number of aliphatic hydroxyl groups is 1. The molecule has 0 spiro atoms. The fraction of sp³-hybridized carbons (Fsp3) is 0.519. The van der Waals surface area contributed by atoms with Gasteiger partial charge in [-0.05, 0) is 196 Å². The van der Waals surface area contributed by atoms with E-state index >= 15 is 0 Å². The van der Waals surface area contributed by atoms with E-state index in [1.807, 2.05) is 0 Å². The molecule has 3 saturated heterocycles. The largest absolute Gasteiger partial charge is 0.870 e. The van der Waals surface area contributed by atoms with Gasteiger partial charge in [0.15, 0.2) is 71.7 Å². The van der Waals surface area contributed by atoms with E-state index in [4.69, 9.17) is 108 Å². The summed E-state index contributed by atoms with van der Waals surface area (Å²) in [6.45, 7) is 4.31. The van der Waals surface area contributed by atoms with Crippen LogP contribution in [-0.2, 0) is 52.6 Å². The maximum absolute atomic E-state index is 13.5. The number of H-pyrrole nitrogens is 3. The molecule has 9 N–H and O–H groups in total. The molecular weight excluding hydrogens is 1720 g/mol. The van der Waals surface area contributed by atoms with E-state index in [1.54, 1.807) is 90.9 Å². The molecule has 6 aliphatic rings. The number of carbonyl (C=O) groups excluding carboxylic acids is 4. The first-order valence-corrected chi connectivity index (χ1v) is 39.5. The number of carbonyl (C=O) groups is 5. The van der Waals surface area contributed by atoms with Gasteiger partial charge in [-0.25, -0.2) is 34.1 Å². The molecular formula is C79H97Cl7F6N6O20. The molecule has 3 aliphatic heterocycles. The number of pyridine rings is 3. The number of carboxylic acid groups (broad SMARTS) is 1. The van der Waals surface area contributed by atoms with Crippen molar-refractivity contribution in [1.29, 1.82) is 0 Å². The fourth-order valence-electron chi connectivity index (χ4n) is 12.2. The van der Waals surface area contributed by atoms with Gasteiger partial charge in [-0.2, -0.15) is 26.3 Å². The molecule has 3 aliphatic carbocycles. The molecule has 39 heteroatoms. The Balaban J connectivity index is 0.000000290.